The summed E-state index contributed by atoms with van der Waals surface area (Å²) in [4.78, 5) is 37.4. The summed E-state index contributed by atoms with van der Waals surface area (Å²) in [6.45, 7) is 5.03. The van der Waals surface area contributed by atoms with Crippen LogP contribution in [0, 0.1) is 20.8 Å². The molecule has 9 aromatic rings. The van der Waals surface area contributed by atoms with Crippen LogP contribution in [-0.2, 0) is 17.1 Å². The van der Waals surface area contributed by atoms with E-state index in [1.54, 1.807) is 130 Å². The van der Waals surface area contributed by atoms with E-state index >= 15 is 0 Å². The van der Waals surface area contributed by atoms with Crippen LogP contribution >= 0.6 is 0 Å². The van der Waals surface area contributed by atoms with Crippen molar-refractivity contribution in [3.63, 3.8) is 0 Å². The van der Waals surface area contributed by atoms with E-state index in [0.717, 1.165) is 0 Å². The van der Waals surface area contributed by atoms with Crippen molar-refractivity contribution < 1.29 is 46.8 Å². The summed E-state index contributed by atoms with van der Waals surface area (Å²) in [6, 6.07) is 53.5. The van der Waals surface area contributed by atoms with Crippen molar-refractivity contribution in [2.24, 2.45) is 0 Å². The summed E-state index contributed by atoms with van der Waals surface area (Å²) in [5.41, 5.74) is 5.14. The first-order valence-electron chi connectivity index (χ1n) is 19.8. The number of para-hydroxylation sites is 3. The average molecular weight is 888 g/mol. The molecule has 0 spiro atoms. The number of carbonyl (C=O) groups is 3. The number of carbonyl (C=O) groups excluding carboxylic acids is 3. The molecule has 0 bridgehead atoms. The molecule has 0 fully saturated rings. The molecule has 6 aromatic carbocycles. The summed E-state index contributed by atoms with van der Waals surface area (Å²) in [5.74, 6) is -2.02. The first-order valence-corrected chi connectivity index (χ1v) is 19.8. The Morgan fingerprint density at radius 3 is 0.734 bits per heavy atom. The van der Waals surface area contributed by atoms with Crippen LogP contribution in [0.5, 0.6) is 17.6 Å². The molecule has 12 nitrogen and oxygen atoms in total. The molecule has 0 saturated heterocycles. The first-order chi connectivity index (χ1) is 30.5. The van der Waals surface area contributed by atoms with Gasteiger partial charge in [-0.15, -0.1) is 0 Å². The zero-order valence-electron chi connectivity index (χ0n) is 34.8. The van der Waals surface area contributed by atoms with E-state index in [1.807, 2.05) is 72.8 Å². The van der Waals surface area contributed by atoms with Crippen molar-refractivity contribution in [3.8, 4) is 34.7 Å². The third kappa shape index (κ3) is 9.82. The third-order valence-electron chi connectivity index (χ3n) is 9.85. The van der Waals surface area contributed by atoms with E-state index in [4.69, 9.17) is 0 Å². The second-order valence-electron chi connectivity index (χ2n) is 14.1. The van der Waals surface area contributed by atoms with Crippen molar-refractivity contribution >= 4 is 17.3 Å². The largest absolute Gasteiger partial charge is 3.00 e. The van der Waals surface area contributed by atoms with Gasteiger partial charge in [-0.05, 0) is 57.2 Å². The molecule has 317 valence electrons. The van der Waals surface area contributed by atoms with Crippen LogP contribution in [0.1, 0.15) is 64.8 Å². The number of hydrogen-bond donors (Lipinski definition) is 0. The molecule has 0 aliphatic heterocycles. The smallest absolute Gasteiger partial charge is 0.858 e. The van der Waals surface area contributed by atoms with Gasteiger partial charge in [-0.2, -0.15) is 15.3 Å². The number of ketones is 3. The van der Waals surface area contributed by atoms with Crippen LogP contribution in [0.2, 0.25) is 0 Å². The summed E-state index contributed by atoms with van der Waals surface area (Å²) >= 11 is 0. The van der Waals surface area contributed by atoms with Crippen LogP contribution in [0.4, 0.5) is 0 Å². The summed E-state index contributed by atoms with van der Waals surface area (Å²) in [6.07, 6.45) is 0. The van der Waals surface area contributed by atoms with Gasteiger partial charge in [0.05, 0.1) is 50.8 Å². The molecular weight excluding hydrogens is 848 g/mol. The second kappa shape index (κ2) is 20.6. The van der Waals surface area contributed by atoms with E-state index in [2.05, 4.69) is 15.3 Å². The standard InChI is InChI=1S/3C17H14N2O2.Fe/c3*1-12-15(16(20)13-8-4-2-5-9-13)17(21)19(18-12)14-10-6-3-7-11-14;/h3*2-11,21H,1H3;/q;;;+3/p-3. The first kappa shape index (κ1) is 45.4. The Morgan fingerprint density at radius 2 is 0.531 bits per heavy atom. The molecule has 13 heteroatoms. The molecular formula is C51H39FeN6O6. The van der Waals surface area contributed by atoms with Crippen LogP contribution in [0.25, 0.3) is 17.1 Å². The quantitative estimate of drug-likeness (QED) is 0.105. The van der Waals surface area contributed by atoms with Gasteiger partial charge in [0.15, 0.2) is 17.3 Å². The van der Waals surface area contributed by atoms with E-state index in [9.17, 15) is 29.7 Å². The molecule has 1 radical (unpaired) electrons. The molecule has 64 heavy (non-hydrogen) atoms. The molecule has 0 atom stereocenters. The van der Waals surface area contributed by atoms with Crippen LogP contribution < -0.4 is 15.3 Å². The number of rotatable bonds is 9. The van der Waals surface area contributed by atoms with E-state index < -0.39 is 0 Å². The number of aromatic nitrogens is 6. The van der Waals surface area contributed by atoms with Gasteiger partial charge in [0, 0.05) is 34.3 Å². The number of aryl methyl sites for hydroxylation is 3. The molecule has 9 rings (SSSR count). The molecule has 3 heterocycles. The second-order valence-corrected chi connectivity index (χ2v) is 14.1. The number of hydrogen-bond acceptors (Lipinski definition) is 9. The van der Waals surface area contributed by atoms with Crippen molar-refractivity contribution in [2.45, 2.75) is 20.8 Å². The van der Waals surface area contributed by atoms with Crippen molar-refractivity contribution in [1.29, 1.82) is 0 Å². The minimum absolute atomic E-state index is 0. The molecule has 0 amide bonds. The zero-order chi connectivity index (χ0) is 44.5. The average Bonchev–Trinajstić information content (AvgIpc) is 3.93. The van der Waals surface area contributed by atoms with Crippen molar-refractivity contribution in [3.05, 3.63) is 232 Å². The third-order valence-corrected chi connectivity index (χ3v) is 9.85. The fourth-order valence-corrected chi connectivity index (χ4v) is 6.74. The molecule has 0 aliphatic carbocycles. The maximum Gasteiger partial charge on any atom is 3.00 e. The zero-order valence-corrected chi connectivity index (χ0v) is 35.9. The van der Waals surface area contributed by atoms with Gasteiger partial charge < -0.3 is 15.3 Å². The van der Waals surface area contributed by atoms with Crippen LogP contribution in [-0.4, -0.2) is 46.7 Å². The molecule has 3 aromatic heterocycles. The Hall–Kier alpha value is -8.12. The summed E-state index contributed by atoms with van der Waals surface area (Å²) in [5, 5.41) is 50.1. The molecule has 0 unspecified atom stereocenters. The Morgan fingerprint density at radius 1 is 0.344 bits per heavy atom. The van der Waals surface area contributed by atoms with E-state index in [-0.39, 0.29) is 68.7 Å². The Labute approximate surface area is 379 Å². The van der Waals surface area contributed by atoms with Gasteiger partial charge in [0.1, 0.15) is 0 Å². The van der Waals surface area contributed by atoms with Crippen molar-refractivity contribution in [2.75, 3.05) is 0 Å². The fraction of sp³-hybridized carbons (Fsp3) is 0.0588. The predicted molar refractivity (Wildman–Crippen MR) is 233 cm³/mol. The molecule has 0 aliphatic rings. The summed E-state index contributed by atoms with van der Waals surface area (Å²) in [7, 11) is 0. The van der Waals surface area contributed by atoms with Gasteiger partial charge in [0.25, 0.3) is 0 Å². The predicted octanol–water partition coefficient (Wildman–Crippen LogP) is 7.45. The Kier molecular flexibility index (Phi) is 14.6. The maximum absolute atomic E-state index is 12.5. The topological polar surface area (TPSA) is 174 Å². The Bertz CT molecular complexity index is 2670. The molecule has 0 saturated carbocycles. The van der Waals surface area contributed by atoms with Gasteiger partial charge in [-0.3, -0.25) is 14.4 Å². The maximum atomic E-state index is 12.5. The monoisotopic (exact) mass is 887 g/mol. The number of benzene rings is 6. The van der Waals surface area contributed by atoms with Gasteiger partial charge in [-0.1, -0.05) is 146 Å². The van der Waals surface area contributed by atoms with Crippen molar-refractivity contribution in [1.82, 2.24) is 29.3 Å². The summed E-state index contributed by atoms with van der Waals surface area (Å²) < 4.78 is 3.81. The minimum Gasteiger partial charge on any atom is -0.858 e. The van der Waals surface area contributed by atoms with E-state index in [0.29, 0.717) is 50.8 Å². The van der Waals surface area contributed by atoms with Crippen LogP contribution in [0.3, 0.4) is 0 Å². The Balaban J connectivity index is 0.000000158. The fourth-order valence-electron chi connectivity index (χ4n) is 6.74. The molecule has 0 N–H and O–H groups in total. The van der Waals surface area contributed by atoms with Gasteiger partial charge in [-0.25, -0.2) is 14.0 Å². The van der Waals surface area contributed by atoms with E-state index in [1.165, 1.54) is 14.0 Å². The van der Waals surface area contributed by atoms with Gasteiger partial charge >= 0.3 is 17.1 Å². The number of nitrogens with zero attached hydrogens (tertiary/aromatic N) is 6. The van der Waals surface area contributed by atoms with Crippen LogP contribution in [0.15, 0.2) is 182 Å². The normalized spacial score (nSPS) is 10.4. The minimum atomic E-state index is -0.382. The SMILES string of the molecule is Cc1nn(-c2ccccc2)c([O-])c1C(=O)c1ccccc1.Cc1nn(-c2ccccc2)c([O-])c1C(=O)c1ccccc1.Cc1nn(-c2ccccc2)c([O-])c1C(=O)c1ccccc1.[Fe+3]. The van der Waals surface area contributed by atoms with Gasteiger partial charge in [0.2, 0.25) is 0 Å².